The molecule has 0 aliphatic heterocycles. The summed E-state index contributed by atoms with van der Waals surface area (Å²) in [5.74, 6) is 0.995. The first-order valence-corrected chi connectivity index (χ1v) is 5.64. The Balaban J connectivity index is 1.58. The number of nitrogens with one attached hydrogen (secondary N) is 1. The number of hydrogen-bond acceptors (Lipinski definition) is 3. The van der Waals surface area contributed by atoms with E-state index < -0.39 is 0 Å². The van der Waals surface area contributed by atoms with E-state index in [4.69, 9.17) is 4.74 Å². The molecular formula is C11H21NO2. The molecule has 0 saturated heterocycles. The average Bonchev–Trinajstić information content (AvgIpc) is 3.00. The van der Waals surface area contributed by atoms with E-state index >= 15 is 0 Å². The Bertz CT molecular complexity index is 188. The molecule has 0 amide bonds. The Hall–Kier alpha value is -0.120. The minimum absolute atomic E-state index is 0.352. The van der Waals surface area contributed by atoms with Gasteiger partial charge in [0.15, 0.2) is 0 Å². The molecule has 2 saturated carbocycles. The number of methoxy groups -OCH3 is 1. The van der Waals surface area contributed by atoms with Crippen LogP contribution in [-0.4, -0.2) is 38.0 Å². The Morgan fingerprint density at radius 3 is 2.71 bits per heavy atom. The van der Waals surface area contributed by atoms with Crippen molar-refractivity contribution in [3.05, 3.63) is 0 Å². The molecular weight excluding hydrogens is 178 g/mol. The Labute approximate surface area is 85.8 Å². The van der Waals surface area contributed by atoms with E-state index in [9.17, 15) is 5.11 Å². The molecule has 0 aromatic rings. The molecule has 1 unspecified atom stereocenters. The van der Waals surface area contributed by atoms with Crippen molar-refractivity contribution in [2.24, 2.45) is 11.3 Å². The van der Waals surface area contributed by atoms with Crippen LogP contribution in [0.1, 0.15) is 25.7 Å². The maximum absolute atomic E-state index is 9.43. The van der Waals surface area contributed by atoms with Crippen LogP contribution in [0.25, 0.3) is 0 Å². The molecule has 3 heteroatoms. The second-order valence-corrected chi connectivity index (χ2v) is 4.88. The summed E-state index contributed by atoms with van der Waals surface area (Å²) in [6, 6.07) is 0. The third kappa shape index (κ3) is 2.47. The third-order valence-corrected chi connectivity index (χ3v) is 3.55. The van der Waals surface area contributed by atoms with E-state index in [1.807, 2.05) is 0 Å². The van der Waals surface area contributed by atoms with Gasteiger partial charge in [0.05, 0.1) is 12.7 Å². The quantitative estimate of drug-likeness (QED) is 0.636. The largest absolute Gasteiger partial charge is 0.389 e. The van der Waals surface area contributed by atoms with Crippen molar-refractivity contribution in [1.29, 1.82) is 0 Å². The van der Waals surface area contributed by atoms with E-state index in [0.29, 0.717) is 18.6 Å². The van der Waals surface area contributed by atoms with E-state index in [1.54, 1.807) is 7.11 Å². The van der Waals surface area contributed by atoms with Crippen LogP contribution in [0.2, 0.25) is 0 Å². The summed E-state index contributed by atoms with van der Waals surface area (Å²) >= 11 is 0. The standard InChI is InChI=1S/C11H21NO2/c1-14-7-10(13)6-12-8-11(4-5-11)9-2-3-9/h9-10,12-13H,2-8H2,1H3. The number of hydrogen-bond donors (Lipinski definition) is 2. The molecule has 2 rings (SSSR count). The Kier molecular flexibility index (Phi) is 3.10. The van der Waals surface area contributed by atoms with Crippen molar-refractivity contribution >= 4 is 0 Å². The van der Waals surface area contributed by atoms with Gasteiger partial charge in [-0.15, -0.1) is 0 Å². The molecule has 2 N–H and O–H groups in total. The molecule has 0 radical (unpaired) electrons. The molecule has 2 fully saturated rings. The molecule has 2 aliphatic rings. The maximum Gasteiger partial charge on any atom is 0.0897 e. The average molecular weight is 199 g/mol. The molecule has 3 nitrogen and oxygen atoms in total. The summed E-state index contributed by atoms with van der Waals surface area (Å²) in [5.41, 5.74) is 0.632. The van der Waals surface area contributed by atoms with E-state index in [1.165, 1.54) is 25.7 Å². The fourth-order valence-corrected chi connectivity index (χ4v) is 2.32. The highest BCUT2D eigenvalue weighted by molar-refractivity contribution is 5.05. The SMILES string of the molecule is COCC(O)CNCC1(C2CC2)CC1. The van der Waals surface area contributed by atoms with Crippen LogP contribution >= 0.6 is 0 Å². The normalized spacial score (nSPS) is 26.1. The van der Waals surface area contributed by atoms with Gasteiger partial charge in [0, 0.05) is 20.2 Å². The van der Waals surface area contributed by atoms with Crippen LogP contribution in [0.3, 0.4) is 0 Å². The van der Waals surface area contributed by atoms with Crippen molar-refractivity contribution in [1.82, 2.24) is 5.32 Å². The second kappa shape index (κ2) is 4.17. The fourth-order valence-electron chi connectivity index (χ4n) is 2.32. The molecule has 0 bridgehead atoms. The van der Waals surface area contributed by atoms with Gasteiger partial charge < -0.3 is 15.2 Å². The highest BCUT2D eigenvalue weighted by Crippen LogP contribution is 2.60. The summed E-state index contributed by atoms with van der Waals surface area (Å²) in [7, 11) is 1.62. The third-order valence-electron chi connectivity index (χ3n) is 3.55. The van der Waals surface area contributed by atoms with Crippen LogP contribution in [0.5, 0.6) is 0 Å². The lowest BCUT2D eigenvalue weighted by Gasteiger charge is -2.16. The van der Waals surface area contributed by atoms with Crippen molar-refractivity contribution < 1.29 is 9.84 Å². The molecule has 0 spiro atoms. The summed E-state index contributed by atoms with van der Waals surface area (Å²) in [5, 5.41) is 12.8. The second-order valence-electron chi connectivity index (χ2n) is 4.88. The summed E-state index contributed by atoms with van der Waals surface area (Å²) in [4.78, 5) is 0. The van der Waals surface area contributed by atoms with Crippen LogP contribution < -0.4 is 5.32 Å². The van der Waals surface area contributed by atoms with Gasteiger partial charge in [-0.2, -0.15) is 0 Å². The first kappa shape index (κ1) is 10.4. The first-order valence-electron chi connectivity index (χ1n) is 5.64. The Morgan fingerprint density at radius 1 is 1.50 bits per heavy atom. The number of rotatable bonds is 7. The molecule has 82 valence electrons. The van der Waals surface area contributed by atoms with Crippen molar-refractivity contribution in [3.8, 4) is 0 Å². The predicted octanol–water partition coefficient (Wildman–Crippen LogP) is 0.773. The van der Waals surface area contributed by atoms with Crippen LogP contribution in [0.4, 0.5) is 0 Å². The molecule has 0 heterocycles. The van der Waals surface area contributed by atoms with Gasteiger partial charge in [-0.1, -0.05) is 0 Å². The lowest BCUT2D eigenvalue weighted by atomic mass is 10.0. The van der Waals surface area contributed by atoms with Gasteiger partial charge in [0.2, 0.25) is 0 Å². The number of ether oxygens (including phenoxy) is 1. The van der Waals surface area contributed by atoms with Crippen LogP contribution in [0.15, 0.2) is 0 Å². The van der Waals surface area contributed by atoms with Gasteiger partial charge in [-0.25, -0.2) is 0 Å². The van der Waals surface area contributed by atoms with Crippen LogP contribution in [-0.2, 0) is 4.74 Å². The molecule has 1 atom stereocenters. The molecule has 0 aromatic heterocycles. The minimum Gasteiger partial charge on any atom is -0.389 e. The summed E-state index contributed by atoms with van der Waals surface area (Å²) in [6.45, 7) is 2.20. The predicted molar refractivity (Wildman–Crippen MR) is 55.1 cm³/mol. The summed E-state index contributed by atoms with van der Waals surface area (Å²) in [6.07, 6.45) is 5.30. The van der Waals surface area contributed by atoms with Crippen molar-refractivity contribution in [2.75, 3.05) is 26.8 Å². The van der Waals surface area contributed by atoms with E-state index in [0.717, 1.165) is 12.5 Å². The zero-order valence-electron chi connectivity index (χ0n) is 8.96. The van der Waals surface area contributed by atoms with Gasteiger partial charge in [0.1, 0.15) is 0 Å². The monoisotopic (exact) mass is 199 g/mol. The smallest absolute Gasteiger partial charge is 0.0897 e. The molecule has 2 aliphatic carbocycles. The number of aliphatic hydroxyl groups excluding tert-OH is 1. The topological polar surface area (TPSA) is 41.5 Å². The Morgan fingerprint density at radius 2 is 2.21 bits per heavy atom. The van der Waals surface area contributed by atoms with Crippen molar-refractivity contribution in [2.45, 2.75) is 31.8 Å². The first-order chi connectivity index (χ1) is 6.77. The van der Waals surface area contributed by atoms with Gasteiger partial charge >= 0.3 is 0 Å². The summed E-state index contributed by atoms with van der Waals surface area (Å²) < 4.78 is 4.87. The lowest BCUT2D eigenvalue weighted by molar-refractivity contribution is 0.0636. The maximum atomic E-state index is 9.43. The van der Waals surface area contributed by atoms with Crippen LogP contribution in [0, 0.1) is 11.3 Å². The van der Waals surface area contributed by atoms with E-state index in [2.05, 4.69) is 5.32 Å². The lowest BCUT2D eigenvalue weighted by Crippen LogP contribution is -2.34. The van der Waals surface area contributed by atoms with Gasteiger partial charge in [0.25, 0.3) is 0 Å². The fraction of sp³-hybridized carbons (Fsp3) is 1.00. The minimum atomic E-state index is -0.352. The number of aliphatic hydroxyl groups is 1. The highest BCUT2D eigenvalue weighted by Gasteiger charge is 2.53. The van der Waals surface area contributed by atoms with Crippen molar-refractivity contribution in [3.63, 3.8) is 0 Å². The van der Waals surface area contributed by atoms with E-state index in [-0.39, 0.29) is 6.10 Å². The van der Waals surface area contributed by atoms with Gasteiger partial charge in [-0.05, 0) is 37.0 Å². The highest BCUT2D eigenvalue weighted by atomic mass is 16.5. The zero-order chi connectivity index (χ0) is 10.0. The molecule has 0 aromatic carbocycles. The zero-order valence-corrected chi connectivity index (χ0v) is 8.96. The molecule has 14 heavy (non-hydrogen) atoms. The van der Waals surface area contributed by atoms with Gasteiger partial charge in [-0.3, -0.25) is 0 Å².